The topological polar surface area (TPSA) is 77.1 Å². The molecule has 0 bridgehead atoms. The Kier molecular flexibility index (Phi) is 4.80. The number of nitrogens with zero attached hydrogens (tertiary/aromatic N) is 1. The minimum atomic E-state index is -0.471. The predicted molar refractivity (Wildman–Crippen MR) is 104 cm³/mol. The lowest BCUT2D eigenvalue weighted by Crippen LogP contribution is -2.17. The summed E-state index contributed by atoms with van der Waals surface area (Å²) in [7, 11) is 0. The molecule has 5 nitrogen and oxygen atoms in total. The first-order chi connectivity index (χ1) is 12.3. The van der Waals surface area contributed by atoms with Crippen molar-refractivity contribution in [2.24, 2.45) is 11.7 Å². The number of nitrogens with one attached hydrogen (secondary N) is 1. The van der Waals surface area contributed by atoms with E-state index in [-0.39, 0.29) is 11.8 Å². The van der Waals surface area contributed by atoms with Gasteiger partial charge in [-0.1, -0.05) is 43.7 Å². The number of nitrogens with two attached hydrogens (primary N) is 1. The molecule has 0 saturated heterocycles. The van der Waals surface area contributed by atoms with Gasteiger partial charge in [0.05, 0.1) is 0 Å². The Bertz CT molecular complexity index is 986. The number of rotatable bonds is 5. The zero-order valence-electron chi connectivity index (χ0n) is 15.2. The summed E-state index contributed by atoms with van der Waals surface area (Å²) in [5.41, 5.74) is 9.92. The van der Waals surface area contributed by atoms with Crippen molar-refractivity contribution in [1.82, 2.24) is 4.57 Å². The van der Waals surface area contributed by atoms with Gasteiger partial charge in [-0.25, -0.2) is 0 Å². The summed E-state index contributed by atoms with van der Waals surface area (Å²) in [6.07, 6.45) is 0. The number of benzene rings is 2. The first-order valence-electron chi connectivity index (χ1n) is 8.64. The highest BCUT2D eigenvalue weighted by Gasteiger charge is 2.15. The number of fused-ring (bicyclic) bond motifs is 1. The van der Waals surface area contributed by atoms with Gasteiger partial charge in [0.15, 0.2) is 0 Å². The van der Waals surface area contributed by atoms with Crippen LogP contribution in [0.4, 0.5) is 5.69 Å². The van der Waals surface area contributed by atoms with E-state index >= 15 is 0 Å². The average Bonchev–Trinajstić information content (AvgIpc) is 2.93. The second-order valence-electron chi connectivity index (χ2n) is 6.89. The Morgan fingerprint density at radius 3 is 2.54 bits per heavy atom. The molecule has 0 spiro atoms. The average molecular weight is 349 g/mol. The summed E-state index contributed by atoms with van der Waals surface area (Å²) in [6.45, 7) is 6.28. The van der Waals surface area contributed by atoms with Crippen molar-refractivity contribution in [3.05, 3.63) is 65.4 Å². The molecular formula is C21H23N3O2. The fourth-order valence-electron chi connectivity index (χ4n) is 3.00. The van der Waals surface area contributed by atoms with E-state index in [1.54, 1.807) is 6.07 Å². The van der Waals surface area contributed by atoms with Crippen LogP contribution in [0.15, 0.2) is 48.5 Å². The van der Waals surface area contributed by atoms with Crippen LogP contribution in [0.2, 0.25) is 0 Å². The van der Waals surface area contributed by atoms with Crippen LogP contribution in [0, 0.1) is 12.8 Å². The third-order valence-electron chi connectivity index (χ3n) is 4.37. The number of aryl methyl sites for hydroxylation is 1. The molecular weight excluding hydrogens is 326 g/mol. The smallest absolute Gasteiger partial charge is 0.265 e. The number of anilines is 1. The largest absolute Gasteiger partial charge is 0.364 e. The van der Waals surface area contributed by atoms with Gasteiger partial charge in [-0.05, 0) is 36.8 Å². The van der Waals surface area contributed by atoms with Crippen LogP contribution in [-0.4, -0.2) is 16.4 Å². The molecule has 2 aromatic carbocycles. The van der Waals surface area contributed by atoms with Crippen LogP contribution < -0.4 is 11.1 Å². The highest BCUT2D eigenvalue weighted by molar-refractivity contribution is 6.00. The van der Waals surface area contributed by atoms with Gasteiger partial charge in [0.1, 0.15) is 5.69 Å². The zero-order valence-corrected chi connectivity index (χ0v) is 15.2. The number of aromatic nitrogens is 1. The SMILES string of the molecule is Cc1cccc(Cn2c(C(N)=O)cc3cc(NC(=O)C(C)C)ccc32)c1. The van der Waals surface area contributed by atoms with Crippen LogP contribution in [-0.2, 0) is 11.3 Å². The molecule has 134 valence electrons. The molecule has 5 heteroatoms. The second kappa shape index (κ2) is 7.04. The van der Waals surface area contributed by atoms with Crippen LogP contribution in [0.1, 0.15) is 35.5 Å². The predicted octanol–water partition coefficient (Wildman–Crippen LogP) is 3.69. The minimum Gasteiger partial charge on any atom is -0.364 e. The number of carbonyl (C=O) groups is 2. The van der Waals surface area contributed by atoms with Crippen LogP contribution in [0.5, 0.6) is 0 Å². The molecule has 0 unspecified atom stereocenters. The van der Waals surface area contributed by atoms with Crippen molar-refractivity contribution in [3.8, 4) is 0 Å². The molecule has 3 rings (SSSR count). The van der Waals surface area contributed by atoms with Gasteiger partial charge >= 0.3 is 0 Å². The van der Waals surface area contributed by atoms with Crippen molar-refractivity contribution < 1.29 is 9.59 Å². The van der Waals surface area contributed by atoms with E-state index in [2.05, 4.69) is 11.4 Å². The van der Waals surface area contributed by atoms with E-state index in [0.717, 1.165) is 16.5 Å². The molecule has 2 amide bonds. The Morgan fingerprint density at radius 1 is 1.12 bits per heavy atom. The van der Waals surface area contributed by atoms with Crippen LogP contribution in [0.3, 0.4) is 0 Å². The summed E-state index contributed by atoms with van der Waals surface area (Å²) in [5, 5.41) is 3.75. The van der Waals surface area contributed by atoms with Crippen molar-refractivity contribution in [2.75, 3.05) is 5.32 Å². The van der Waals surface area contributed by atoms with Crippen LogP contribution >= 0.6 is 0 Å². The maximum atomic E-state index is 11.9. The standard InChI is InChI=1S/C21H23N3O2/c1-13(2)21(26)23-17-7-8-18-16(10-17)11-19(20(22)25)24(18)12-15-6-4-5-14(3)9-15/h4-11,13H,12H2,1-3H3,(H2,22,25)(H,23,26). The van der Waals surface area contributed by atoms with Gasteiger partial charge in [0, 0.05) is 29.1 Å². The molecule has 0 aliphatic heterocycles. The van der Waals surface area contributed by atoms with Gasteiger partial charge in [-0.2, -0.15) is 0 Å². The zero-order chi connectivity index (χ0) is 18.8. The van der Waals surface area contributed by atoms with E-state index in [4.69, 9.17) is 5.73 Å². The second-order valence-corrected chi connectivity index (χ2v) is 6.89. The Labute approximate surface area is 152 Å². The lowest BCUT2D eigenvalue weighted by atomic mass is 10.1. The molecule has 3 N–H and O–H groups in total. The first kappa shape index (κ1) is 17.7. The number of amides is 2. The Balaban J connectivity index is 2.02. The van der Waals surface area contributed by atoms with E-state index in [9.17, 15) is 9.59 Å². The highest BCUT2D eigenvalue weighted by atomic mass is 16.2. The summed E-state index contributed by atoms with van der Waals surface area (Å²) in [6, 6.07) is 15.6. The quantitative estimate of drug-likeness (QED) is 0.737. The van der Waals surface area contributed by atoms with Crippen molar-refractivity contribution in [2.45, 2.75) is 27.3 Å². The highest BCUT2D eigenvalue weighted by Crippen LogP contribution is 2.25. The summed E-state index contributed by atoms with van der Waals surface area (Å²) in [5.74, 6) is -0.613. The molecule has 1 aromatic heterocycles. The molecule has 0 atom stereocenters. The molecule has 0 aliphatic carbocycles. The first-order valence-corrected chi connectivity index (χ1v) is 8.64. The van der Waals surface area contributed by atoms with Gasteiger partial charge in [0.25, 0.3) is 5.91 Å². The lowest BCUT2D eigenvalue weighted by Gasteiger charge is -2.11. The van der Waals surface area contributed by atoms with Gasteiger partial charge in [-0.15, -0.1) is 0 Å². The van der Waals surface area contributed by atoms with E-state index in [1.165, 1.54) is 5.56 Å². The summed E-state index contributed by atoms with van der Waals surface area (Å²) < 4.78 is 1.92. The lowest BCUT2D eigenvalue weighted by molar-refractivity contribution is -0.118. The molecule has 0 radical (unpaired) electrons. The van der Waals surface area contributed by atoms with Crippen molar-refractivity contribution in [3.63, 3.8) is 0 Å². The molecule has 26 heavy (non-hydrogen) atoms. The summed E-state index contributed by atoms with van der Waals surface area (Å²) in [4.78, 5) is 23.8. The normalized spacial score (nSPS) is 11.1. The fourth-order valence-corrected chi connectivity index (χ4v) is 3.00. The van der Waals surface area contributed by atoms with Gasteiger partial charge in [0.2, 0.25) is 5.91 Å². The Hall–Kier alpha value is -3.08. The number of hydrogen-bond acceptors (Lipinski definition) is 2. The van der Waals surface area contributed by atoms with Gasteiger partial charge in [-0.3, -0.25) is 9.59 Å². The molecule has 0 aliphatic rings. The van der Waals surface area contributed by atoms with E-state index in [0.29, 0.717) is 17.9 Å². The minimum absolute atomic E-state index is 0.0429. The number of primary amides is 1. The van der Waals surface area contributed by atoms with E-state index < -0.39 is 5.91 Å². The third kappa shape index (κ3) is 3.61. The van der Waals surface area contributed by atoms with Crippen LogP contribution in [0.25, 0.3) is 10.9 Å². The summed E-state index contributed by atoms with van der Waals surface area (Å²) >= 11 is 0. The fraction of sp³-hybridized carbons (Fsp3) is 0.238. The van der Waals surface area contributed by atoms with Crippen molar-refractivity contribution >= 4 is 28.4 Å². The Morgan fingerprint density at radius 2 is 1.88 bits per heavy atom. The van der Waals surface area contributed by atoms with Gasteiger partial charge < -0.3 is 15.6 Å². The molecule has 1 heterocycles. The van der Waals surface area contributed by atoms with Crippen molar-refractivity contribution in [1.29, 1.82) is 0 Å². The third-order valence-corrected chi connectivity index (χ3v) is 4.37. The molecule has 3 aromatic rings. The van der Waals surface area contributed by atoms with E-state index in [1.807, 2.05) is 61.7 Å². The maximum absolute atomic E-state index is 11.9. The monoisotopic (exact) mass is 349 g/mol. The molecule has 0 saturated carbocycles. The maximum Gasteiger partial charge on any atom is 0.265 e. The number of hydrogen-bond donors (Lipinski definition) is 2. The number of carbonyl (C=O) groups excluding carboxylic acids is 2. The molecule has 0 fully saturated rings.